The maximum absolute atomic E-state index is 10.8. The molecular formula is C13H11BrN2O4. The number of non-ortho nitro benzene ring substituents is 1. The number of benzene rings is 1. The standard InChI is InChI=1S/C13H11BrN2O4/c1-19-13-3-2-11(16(17)18)4-9(13)8-20-12-5-10(14)6-15-7-12/h2-7H,8H2,1H3. The highest BCUT2D eigenvalue weighted by atomic mass is 79.9. The maximum atomic E-state index is 10.8. The van der Waals surface area contributed by atoms with Crippen LogP contribution in [0.5, 0.6) is 11.5 Å². The summed E-state index contributed by atoms with van der Waals surface area (Å²) in [7, 11) is 1.51. The van der Waals surface area contributed by atoms with E-state index < -0.39 is 4.92 Å². The molecule has 0 spiro atoms. The molecule has 0 saturated heterocycles. The third-order valence-corrected chi connectivity index (χ3v) is 2.98. The van der Waals surface area contributed by atoms with E-state index in [1.807, 2.05) is 0 Å². The lowest BCUT2D eigenvalue weighted by molar-refractivity contribution is -0.385. The molecule has 2 aromatic rings. The molecule has 20 heavy (non-hydrogen) atoms. The third kappa shape index (κ3) is 3.45. The number of hydrogen-bond acceptors (Lipinski definition) is 5. The van der Waals surface area contributed by atoms with Crippen molar-refractivity contribution in [2.24, 2.45) is 0 Å². The van der Waals surface area contributed by atoms with Gasteiger partial charge in [0.1, 0.15) is 18.1 Å². The summed E-state index contributed by atoms with van der Waals surface area (Å²) in [6.07, 6.45) is 3.20. The highest BCUT2D eigenvalue weighted by Crippen LogP contribution is 2.25. The maximum Gasteiger partial charge on any atom is 0.270 e. The first kappa shape index (κ1) is 14.3. The second-order valence-electron chi connectivity index (χ2n) is 3.88. The van der Waals surface area contributed by atoms with Crippen LogP contribution in [0.2, 0.25) is 0 Å². The van der Waals surface area contributed by atoms with Crippen LogP contribution in [-0.2, 0) is 6.61 Å². The van der Waals surface area contributed by atoms with Crippen molar-refractivity contribution in [3.63, 3.8) is 0 Å². The normalized spacial score (nSPS) is 10.1. The lowest BCUT2D eigenvalue weighted by atomic mass is 10.2. The summed E-state index contributed by atoms with van der Waals surface area (Å²) in [4.78, 5) is 14.3. The number of aromatic nitrogens is 1. The van der Waals surface area contributed by atoms with E-state index in [-0.39, 0.29) is 12.3 Å². The molecule has 0 amide bonds. The zero-order valence-corrected chi connectivity index (χ0v) is 12.2. The molecule has 0 bridgehead atoms. The SMILES string of the molecule is COc1ccc([N+](=O)[O-])cc1COc1cncc(Br)c1. The van der Waals surface area contributed by atoms with Gasteiger partial charge in [-0.15, -0.1) is 0 Å². The number of pyridine rings is 1. The van der Waals surface area contributed by atoms with Crippen molar-refractivity contribution in [1.29, 1.82) is 0 Å². The molecule has 0 atom stereocenters. The van der Waals surface area contributed by atoms with E-state index in [9.17, 15) is 10.1 Å². The van der Waals surface area contributed by atoms with Crippen LogP contribution >= 0.6 is 15.9 Å². The highest BCUT2D eigenvalue weighted by Gasteiger charge is 2.12. The fourth-order valence-corrected chi connectivity index (χ4v) is 1.97. The van der Waals surface area contributed by atoms with E-state index in [1.165, 1.54) is 19.2 Å². The summed E-state index contributed by atoms with van der Waals surface area (Å²) in [6.45, 7) is 0.156. The van der Waals surface area contributed by atoms with Crippen LogP contribution in [0.4, 0.5) is 5.69 Å². The molecule has 0 aliphatic rings. The van der Waals surface area contributed by atoms with Gasteiger partial charge >= 0.3 is 0 Å². The first-order chi connectivity index (χ1) is 9.60. The Morgan fingerprint density at radius 3 is 2.80 bits per heavy atom. The monoisotopic (exact) mass is 338 g/mol. The molecule has 0 N–H and O–H groups in total. The number of nitro benzene ring substituents is 1. The lowest BCUT2D eigenvalue weighted by Crippen LogP contribution is -2.00. The number of hydrogen-bond donors (Lipinski definition) is 0. The zero-order chi connectivity index (χ0) is 14.5. The second kappa shape index (κ2) is 6.33. The van der Waals surface area contributed by atoms with Crippen molar-refractivity contribution in [2.75, 3.05) is 7.11 Å². The van der Waals surface area contributed by atoms with Crippen LogP contribution in [0.25, 0.3) is 0 Å². The molecule has 104 valence electrons. The van der Waals surface area contributed by atoms with E-state index in [0.29, 0.717) is 17.1 Å². The molecule has 0 aliphatic heterocycles. The van der Waals surface area contributed by atoms with Gasteiger partial charge in [-0.25, -0.2) is 0 Å². The minimum atomic E-state index is -0.455. The highest BCUT2D eigenvalue weighted by molar-refractivity contribution is 9.10. The van der Waals surface area contributed by atoms with Gasteiger partial charge in [0.05, 0.1) is 18.2 Å². The van der Waals surface area contributed by atoms with Gasteiger partial charge in [-0.05, 0) is 28.1 Å². The Kier molecular flexibility index (Phi) is 4.52. The van der Waals surface area contributed by atoms with Crippen LogP contribution in [0.15, 0.2) is 41.1 Å². The fourth-order valence-electron chi connectivity index (χ4n) is 1.62. The van der Waals surface area contributed by atoms with Crippen LogP contribution in [-0.4, -0.2) is 17.0 Å². The summed E-state index contributed by atoms with van der Waals surface area (Å²) in [5.74, 6) is 1.10. The van der Waals surface area contributed by atoms with Crippen LogP contribution in [0.3, 0.4) is 0 Å². The molecule has 1 aromatic carbocycles. The first-order valence-corrected chi connectivity index (χ1v) is 6.44. The molecule has 7 heteroatoms. The summed E-state index contributed by atoms with van der Waals surface area (Å²) in [6, 6.07) is 6.14. The summed E-state index contributed by atoms with van der Waals surface area (Å²) in [5.41, 5.74) is 0.596. The van der Waals surface area contributed by atoms with E-state index >= 15 is 0 Å². The van der Waals surface area contributed by atoms with Gasteiger partial charge in [-0.3, -0.25) is 15.1 Å². The minimum Gasteiger partial charge on any atom is -0.496 e. The molecule has 2 rings (SSSR count). The molecular weight excluding hydrogens is 328 g/mol. The molecule has 6 nitrogen and oxygen atoms in total. The average molecular weight is 339 g/mol. The predicted molar refractivity (Wildman–Crippen MR) is 75.9 cm³/mol. The number of methoxy groups -OCH3 is 1. The summed E-state index contributed by atoms with van der Waals surface area (Å²) in [5, 5.41) is 10.8. The number of nitrogens with zero attached hydrogens (tertiary/aromatic N) is 2. The van der Waals surface area contributed by atoms with Crippen LogP contribution < -0.4 is 9.47 Å². The quantitative estimate of drug-likeness (QED) is 0.617. The predicted octanol–water partition coefficient (Wildman–Crippen LogP) is 3.34. The average Bonchev–Trinajstić information content (AvgIpc) is 2.44. The number of rotatable bonds is 5. The molecule has 0 saturated carbocycles. The van der Waals surface area contributed by atoms with Crippen LogP contribution in [0, 0.1) is 10.1 Å². The largest absolute Gasteiger partial charge is 0.496 e. The molecule has 0 fully saturated rings. The Balaban J connectivity index is 2.19. The van der Waals surface area contributed by atoms with Gasteiger partial charge in [-0.1, -0.05) is 0 Å². The lowest BCUT2D eigenvalue weighted by Gasteiger charge is -2.10. The molecule has 0 radical (unpaired) electrons. The molecule has 0 unspecified atom stereocenters. The van der Waals surface area contributed by atoms with E-state index in [1.54, 1.807) is 24.5 Å². The fraction of sp³-hybridized carbons (Fsp3) is 0.154. The number of halogens is 1. The molecule has 1 aromatic heterocycles. The van der Waals surface area contributed by atoms with Crippen molar-refractivity contribution in [1.82, 2.24) is 4.98 Å². The van der Waals surface area contributed by atoms with Gasteiger partial charge in [0.2, 0.25) is 0 Å². The van der Waals surface area contributed by atoms with Gasteiger partial charge in [-0.2, -0.15) is 0 Å². The van der Waals surface area contributed by atoms with Crippen LogP contribution in [0.1, 0.15) is 5.56 Å². The van der Waals surface area contributed by atoms with Gasteiger partial charge in [0.25, 0.3) is 5.69 Å². The van der Waals surface area contributed by atoms with Crippen molar-refractivity contribution >= 4 is 21.6 Å². The minimum absolute atomic E-state index is 0.00299. The van der Waals surface area contributed by atoms with E-state index in [2.05, 4.69) is 20.9 Å². The van der Waals surface area contributed by atoms with Crippen molar-refractivity contribution < 1.29 is 14.4 Å². The third-order valence-electron chi connectivity index (χ3n) is 2.55. The van der Waals surface area contributed by atoms with Gasteiger partial charge in [0, 0.05) is 28.4 Å². The number of nitro groups is 1. The topological polar surface area (TPSA) is 74.5 Å². The Labute approximate surface area is 123 Å². The second-order valence-corrected chi connectivity index (χ2v) is 4.80. The van der Waals surface area contributed by atoms with E-state index in [0.717, 1.165) is 4.47 Å². The summed E-state index contributed by atoms with van der Waals surface area (Å²) >= 11 is 3.29. The Morgan fingerprint density at radius 2 is 2.15 bits per heavy atom. The Morgan fingerprint density at radius 1 is 1.35 bits per heavy atom. The number of ether oxygens (including phenoxy) is 2. The van der Waals surface area contributed by atoms with Gasteiger partial charge < -0.3 is 9.47 Å². The van der Waals surface area contributed by atoms with Crippen molar-refractivity contribution in [3.8, 4) is 11.5 Å². The zero-order valence-electron chi connectivity index (χ0n) is 10.6. The Hall–Kier alpha value is -2.15. The van der Waals surface area contributed by atoms with E-state index in [4.69, 9.17) is 9.47 Å². The smallest absolute Gasteiger partial charge is 0.270 e. The van der Waals surface area contributed by atoms with Crippen molar-refractivity contribution in [3.05, 3.63) is 56.8 Å². The molecule has 1 heterocycles. The Bertz CT molecular complexity index is 634. The first-order valence-electron chi connectivity index (χ1n) is 5.65. The van der Waals surface area contributed by atoms with Crippen molar-refractivity contribution in [2.45, 2.75) is 6.61 Å². The molecule has 0 aliphatic carbocycles. The van der Waals surface area contributed by atoms with Gasteiger partial charge in [0.15, 0.2) is 0 Å². The summed E-state index contributed by atoms with van der Waals surface area (Å²) < 4.78 is 11.5.